The van der Waals surface area contributed by atoms with Gasteiger partial charge in [-0.3, -0.25) is 14.5 Å². The highest BCUT2D eigenvalue weighted by Gasteiger charge is 2.48. The Bertz CT molecular complexity index is 1420. The first-order valence-electron chi connectivity index (χ1n) is 11.5. The molecular formula is C28H25N3O4. The molecule has 1 aliphatic heterocycles. The number of carbonyl (C=O) groups excluding carboxylic acids is 2. The van der Waals surface area contributed by atoms with E-state index in [9.17, 15) is 14.7 Å². The van der Waals surface area contributed by atoms with Gasteiger partial charge in [0.2, 0.25) is 5.95 Å². The number of aromatic nitrogens is 2. The number of ether oxygens (including phenoxy) is 1. The number of H-pyrrole nitrogens is 1. The molecule has 5 rings (SSSR count). The standard InChI is InChI=1S/C28H25N3O4/c1-3-15-35-22-14-13-19(16-17(22)2)25(32)23-24(18-9-5-4-6-10-18)31(27(34)26(23)33)28-29-20-11-7-8-12-21(20)30-28/h4-14,16,24,32H,3,15H2,1-2H3,(H,29,30)/b25-23+. The second-order valence-electron chi connectivity index (χ2n) is 8.49. The summed E-state index contributed by atoms with van der Waals surface area (Å²) in [4.78, 5) is 35.6. The Morgan fingerprint density at radius 2 is 1.80 bits per heavy atom. The van der Waals surface area contributed by atoms with Crippen LogP contribution in [0.1, 0.15) is 36.1 Å². The molecule has 0 spiro atoms. The molecule has 1 aromatic heterocycles. The van der Waals surface area contributed by atoms with Crippen molar-refractivity contribution in [3.05, 3.63) is 95.1 Å². The lowest BCUT2D eigenvalue weighted by Gasteiger charge is -2.23. The van der Waals surface area contributed by atoms with Gasteiger partial charge in [-0.05, 0) is 54.8 Å². The first kappa shape index (κ1) is 22.4. The highest BCUT2D eigenvalue weighted by Crippen LogP contribution is 2.42. The van der Waals surface area contributed by atoms with E-state index in [-0.39, 0.29) is 17.3 Å². The zero-order chi connectivity index (χ0) is 24.5. The minimum Gasteiger partial charge on any atom is -0.507 e. The van der Waals surface area contributed by atoms with Crippen LogP contribution in [0, 0.1) is 6.92 Å². The molecule has 2 N–H and O–H groups in total. The lowest BCUT2D eigenvalue weighted by molar-refractivity contribution is -0.132. The third kappa shape index (κ3) is 3.95. The van der Waals surface area contributed by atoms with Crippen LogP contribution in [0.4, 0.5) is 5.95 Å². The number of fused-ring (bicyclic) bond motifs is 1. The van der Waals surface area contributed by atoms with Crippen LogP contribution in [-0.4, -0.2) is 33.4 Å². The van der Waals surface area contributed by atoms with E-state index in [4.69, 9.17) is 4.74 Å². The van der Waals surface area contributed by atoms with Gasteiger partial charge in [-0.15, -0.1) is 0 Å². The van der Waals surface area contributed by atoms with Crippen molar-refractivity contribution in [2.75, 3.05) is 11.5 Å². The highest BCUT2D eigenvalue weighted by molar-refractivity contribution is 6.51. The number of aryl methyl sites for hydroxylation is 1. The predicted octanol–water partition coefficient (Wildman–Crippen LogP) is 5.29. The first-order chi connectivity index (χ1) is 17.0. The van der Waals surface area contributed by atoms with Crippen LogP contribution in [0.3, 0.4) is 0 Å². The molecular weight excluding hydrogens is 442 g/mol. The summed E-state index contributed by atoms with van der Waals surface area (Å²) in [6.07, 6.45) is 0.878. The number of ketones is 1. The Balaban J connectivity index is 1.65. The first-order valence-corrected chi connectivity index (χ1v) is 11.5. The maximum atomic E-state index is 13.3. The van der Waals surface area contributed by atoms with Gasteiger partial charge in [0.25, 0.3) is 5.78 Å². The third-order valence-electron chi connectivity index (χ3n) is 6.07. The van der Waals surface area contributed by atoms with Crippen molar-refractivity contribution in [2.24, 2.45) is 0 Å². The fourth-order valence-corrected chi connectivity index (χ4v) is 4.38. The number of hydrogen-bond acceptors (Lipinski definition) is 5. The van der Waals surface area contributed by atoms with Crippen molar-refractivity contribution in [3.8, 4) is 5.75 Å². The fraction of sp³-hybridized carbons (Fsp3) is 0.179. The Hall–Kier alpha value is -4.39. The number of aliphatic hydroxyl groups excluding tert-OH is 1. The molecule has 0 radical (unpaired) electrons. The van der Waals surface area contributed by atoms with E-state index in [0.717, 1.165) is 17.5 Å². The van der Waals surface area contributed by atoms with Gasteiger partial charge in [-0.25, -0.2) is 4.98 Å². The van der Waals surface area contributed by atoms with Crippen LogP contribution in [0.15, 0.2) is 78.4 Å². The Morgan fingerprint density at radius 3 is 2.51 bits per heavy atom. The van der Waals surface area contributed by atoms with Crippen LogP contribution < -0.4 is 9.64 Å². The maximum Gasteiger partial charge on any atom is 0.302 e. The summed E-state index contributed by atoms with van der Waals surface area (Å²) in [5.74, 6) is -0.785. The average molecular weight is 468 g/mol. The number of nitrogens with zero attached hydrogens (tertiary/aromatic N) is 2. The normalized spacial score (nSPS) is 17.3. The van der Waals surface area contributed by atoms with Gasteiger partial charge >= 0.3 is 5.91 Å². The van der Waals surface area contributed by atoms with E-state index in [2.05, 4.69) is 9.97 Å². The lowest BCUT2D eigenvalue weighted by atomic mass is 9.95. The molecule has 1 amide bonds. The van der Waals surface area contributed by atoms with E-state index in [1.54, 1.807) is 18.2 Å². The van der Waals surface area contributed by atoms with Crippen LogP contribution >= 0.6 is 0 Å². The number of aromatic amines is 1. The number of para-hydroxylation sites is 2. The second-order valence-corrected chi connectivity index (χ2v) is 8.49. The van der Waals surface area contributed by atoms with E-state index >= 15 is 0 Å². The molecule has 1 unspecified atom stereocenters. The van der Waals surface area contributed by atoms with Gasteiger partial charge in [0.1, 0.15) is 11.5 Å². The molecule has 35 heavy (non-hydrogen) atoms. The second kappa shape index (κ2) is 9.10. The SMILES string of the molecule is CCCOc1ccc(/C(O)=C2\C(=O)C(=O)N(c3nc4ccccc4[nH]3)C2c2ccccc2)cc1C. The summed E-state index contributed by atoms with van der Waals surface area (Å²) in [7, 11) is 0. The molecule has 0 aliphatic carbocycles. The summed E-state index contributed by atoms with van der Waals surface area (Å²) in [5.41, 5.74) is 3.39. The fourth-order valence-electron chi connectivity index (χ4n) is 4.38. The summed E-state index contributed by atoms with van der Waals surface area (Å²) < 4.78 is 5.74. The molecule has 1 atom stereocenters. The monoisotopic (exact) mass is 467 g/mol. The Kier molecular flexibility index (Phi) is 5.82. The molecule has 1 fully saturated rings. The largest absolute Gasteiger partial charge is 0.507 e. The van der Waals surface area contributed by atoms with Crippen LogP contribution in [0.25, 0.3) is 16.8 Å². The van der Waals surface area contributed by atoms with Gasteiger partial charge < -0.3 is 14.8 Å². The van der Waals surface area contributed by atoms with Crippen molar-refractivity contribution in [3.63, 3.8) is 0 Å². The summed E-state index contributed by atoms with van der Waals surface area (Å²) >= 11 is 0. The molecule has 7 heteroatoms. The number of anilines is 1. The van der Waals surface area contributed by atoms with Gasteiger partial charge in [-0.2, -0.15) is 0 Å². The van der Waals surface area contributed by atoms with E-state index < -0.39 is 17.7 Å². The number of imidazole rings is 1. The van der Waals surface area contributed by atoms with Crippen LogP contribution in [-0.2, 0) is 9.59 Å². The Labute approximate surface area is 202 Å². The average Bonchev–Trinajstić information content (AvgIpc) is 3.41. The van der Waals surface area contributed by atoms with Gasteiger partial charge in [0.05, 0.1) is 29.3 Å². The predicted molar refractivity (Wildman–Crippen MR) is 134 cm³/mol. The molecule has 3 aromatic carbocycles. The zero-order valence-electron chi connectivity index (χ0n) is 19.5. The van der Waals surface area contributed by atoms with Gasteiger partial charge in [0, 0.05) is 5.56 Å². The number of carbonyl (C=O) groups is 2. The number of amides is 1. The van der Waals surface area contributed by atoms with E-state index in [1.807, 2.05) is 68.4 Å². The molecule has 4 aromatic rings. The van der Waals surface area contributed by atoms with Crippen LogP contribution in [0.5, 0.6) is 5.75 Å². The van der Waals surface area contributed by atoms with Crippen LogP contribution in [0.2, 0.25) is 0 Å². The molecule has 0 saturated carbocycles. The van der Waals surface area contributed by atoms with Crippen molar-refractivity contribution in [1.29, 1.82) is 0 Å². The quantitative estimate of drug-likeness (QED) is 0.228. The van der Waals surface area contributed by atoms with Gasteiger partial charge in [-0.1, -0.05) is 49.4 Å². The minimum absolute atomic E-state index is 0.0169. The van der Waals surface area contributed by atoms with E-state index in [1.165, 1.54) is 4.90 Å². The molecule has 1 aliphatic rings. The molecule has 0 bridgehead atoms. The number of rotatable bonds is 6. The van der Waals surface area contributed by atoms with Crippen molar-refractivity contribution in [1.82, 2.24) is 9.97 Å². The number of aliphatic hydroxyl groups is 1. The minimum atomic E-state index is -0.840. The molecule has 1 saturated heterocycles. The lowest BCUT2D eigenvalue weighted by Crippen LogP contribution is -2.30. The highest BCUT2D eigenvalue weighted by atomic mass is 16.5. The van der Waals surface area contributed by atoms with Gasteiger partial charge in [0.15, 0.2) is 0 Å². The zero-order valence-corrected chi connectivity index (χ0v) is 19.5. The number of benzene rings is 3. The summed E-state index contributed by atoms with van der Waals surface area (Å²) in [5, 5.41) is 11.3. The number of Topliss-reactive ketones (excluding diaryl/α,β-unsaturated/α-hetero) is 1. The Morgan fingerprint density at radius 1 is 1.06 bits per heavy atom. The van der Waals surface area contributed by atoms with Crippen molar-refractivity contribution >= 4 is 34.4 Å². The van der Waals surface area contributed by atoms with Crippen molar-refractivity contribution < 1.29 is 19.4 Å². The maximum absolute atomic E-state index is 13.3. The summed E-state index contributed by atoms with van der Waals surface area (Å²) in [6, 6.07) is 21.0. The molecule has 176 valence electrons. The van der Waals surface area contributed by atoms with Crippen molar-refractivity contribution in [2.45, 2.75) is 26.3 Å². The molecule has 2 heterocycles. The number of nitrogens with one attached hydrogen (secondary N) is 1. The topological polar surface area (TPSA) is 95.5 Å². The summed E-state index contributed by atoms with van der Waals surface area (Å²) in [6.45, 7) is 4.49. The smallest absolute Gasteiger partial charge is 0.302 e. The van der Waals surface area contributed by atoms with E-state index in [0.29, 0.717) is 29.0 Å². The number of hydrogen-bond donors (Lipinski definition) is 2. The molecule has 7 nitrogen and oxygen atoms in total. The third-order valence-corrected chi connectivity index (χ3v) is 6.07.